The number of thiophene rings is 2. The zero-order chi connectivity index (χ0) is 37.5. The smallest absolute Gasteiger partial charge is 0.290 e. The van der Waals surface area contributed by atoms with Crippen LogP contribution in [0.25, 0.3) is 11.3 Å². The Balaban J connectivity index is 1.50. The first-order chi connectivity index (χ1) is 24.9. The summed E-state index contributed by atoms with van der Waals surface area (Å²) in [5.74, 6) is -0.0820. The maximum atomic E-state index is 15.1. The van der Waals surface area contributed by atoms with Gasteiger partial charge in [0.25, 0.3) is 11.4 Å². The Hall–Kier alpha value is -1.86. The number of carbonyl (C=O) groups is 1. The zero-order valence-corrected chi connectivity index (χ0v) is 37.8. The fourth-order valence-electron chi connectivity index (χ4n) is 7.78. The number of hydrogen-bond donors (Lipinski definition) is 0. The number of ketones is 1. The van der Waals surface area contributed by atoms with E-state index in [1.807, 2.05) is 0 Å². The molecule has 0 radical (unpaired) electrons. The summed E-state index contributed by atoms with van der Waals surface area (Å²) in [6.07, 6.45) is 20.9. The van der Waals surface area contributed by atoms with Gasteiger partial charge in [-0.3, -0.25) is 4.79 Å². The van der Waals surface area contributed by atoms with Crippen molar-refractivity contribution in [2.75, 3.05) is 0 Å². The van der Waals surface area contributed by atoms with Gasteiger partial charge in [-0.05, 0) is 39.9 Å². The predicted molar refractivity (Wildman–Crippen MR) is 232 cm³/mol. The normalized spacial score (nSPS) is 17.0. The third kappa shape index (κ3) is 9.87. The summed E-state index contributed by atoms with van der Waals surface area (Å²) in [7, 11) is -3.17. The van der Waals surface area contributed by atoms with E-state index in [0.717, 1.165) is 39.6 Å². The molecule has 0 fully saturated rings. The maximum Gasteiger partial charge on any atom is 0.290 e. The topological polar surface area (TPSA) is 62.9 Å². The summed E-state index contributed by atoms with van der Waals surface area (Å²) < 4.78 is 13.6. The molecule has 5 rings (SSSR count). The minimum Gasteiger partial charge on any atom is -0.293 e. The summed E-state index contributed by atoms with van der Waals surface area (Å²) in [6, 6.07) is 8.71. The van der Waals surface area contributed by atoms with Gasteiger partial charge in [-0.2, -0.15) is 8.75 Å². The Labute approximate surface area is 328 Å². The van der Waals surface area contributed by atoms with E-state index in [4.69, 9.17) is 8.75 Å². The van der Waals surface area contributed by atoms with Crippen LogP contribution in [0.3, 0.4) is 0 Å². The fourth-order valence-corrected chi connectivity index (χ4v) is 14.3. The van der Waals surface area contributed by atoms with Gasteiger partial charge >= 0.3 is 0 Å². The van der Waals surface area contributed by atoms with Gasteiger partial charge in [-0.15, -0.1) is 22.7 Å². The van der Waals surface area contributed by atoms with Crippen LogP contribution in [0.1, 0.15) is 150 Å². The molecule has 284 valence electrons. The van der Waals surface area contributed by atoms with Crippen LogP contribution in [0, 0.1) is 10.8 Å². The molecule has 10 heteroatoms. The van der Waals surface area contributed by atoms with Crippen LogP contribution in [-0.2, 0) is 4.79 Å². The van der Waals surface area contributed by atoms with Gasteiger partial charge in [0.05, 0.1) is 43.9 Å². The molecule has 1 aliphatic heterocycles. The van der Waals surface area contributed by atoms with Gasteiger partial charge in [0.15, 0.2) is 5.78 Å². The van der Waals surface area contributed by atoms with Crippen LogP contribution in [0.5, 0.6) is 0 Å². The third-order valence-electron chi connectivity index (χ3n) is 10.9. The van der Waals surface area contributed by atoms with E-state index in [9.17, 15) is 4.91 Å². The van der Waals surface area contributed by atoms with Crippen molar-refractivity contribution in [3.8, 4) is 0 Å². The van der Waals surface area contributed by atoms with Gasteiger partial charge in [0.2, 0.25) is 0 Å². The average Bonchev–Trinajstić information content (AvgIpc) is 3.90. The molecule has 3 aromatic heterocycles. The standard InChI is InChI=1S/C42H64N3O2S3Si2/c1-9-11-13-15-17-18-20-22-24-30(23-21-19-16-14-12-10-2)29-31-36-38(41(45(31)47)33-26-28-35(49-33)52(6,7)8)40-39(43-50-44-40)37(42(36)46)32-25-27-34(48-32)51(3,4)5/h25-28,30,37H,9-24,29H2,1-8H3/q+1. The first-order valence-corrected chi connectivity index (χ1v) is 29.8. The monoisotopic (exact) mass is 794 g/mol. The molecule has 0 N–H and O–H groups in total. The third-order valence-corrected chi connectivity index (χ3v) is 20.9. The van der Waals surface area contributed by atoms with E-state index >= 15 is 4.79 Å². The van der Waals surface area contributed by atoms with Crippen LogP contribution in [0.2, 0.25) is 39.3 Å². The number of nitroso groups, excluding NO2 is 1. The number of carbonyl (C=O) groups excluding carboxylic acids is 1. The van der Waals surface area contributed by atoms with Crippen molar-refractivity contribution < 1.29 is 9.55 Å². The lowest BCUT2D eigenvalue weighted by Gasteiger charge is -2.21. The van der Waals surface area contributed by atoms with Crippen LogP contribution in [-0.4, -0.2) is 35.4 Å². The van der Waals surface area contributed by atoms with Gasteiger partial charge in [0.1, 0.15) is 22.1 Å². The van der Waals surface area contributed by atoms with Gasteiger partial charge in [-0.25, -0.2) is 0 Å². The molecule has 4 heterocycles. The second kappa shape index (κ2) is 18.7. The lowest BCUT2D eigenvalue weighted by Crippen LogP contribution is -2.34. The van der Waals surface area contributed by atoms with Crippen molar-refractivity contribution in [3.05, 3.63) is 61.6 Å². The molecule has 52 heavy (non-hydrogen) atoms. The Kier molecular flexibility index (Phi) is 14.8. The van der Waals surface area contributed by atoms with E-state index in [2.05, 4.69) is 77.4 Å². The van der Waals surface area contributed by atoms with E-state index in [1.54, 1.807) is 22.7 Å². The summed E-state index contributed by atoms with van der Waals surface area (Å²) in [5, 5.41) is 0. The molecule has 3 aromatic rings. The second-order valence-electron chi connectivity index (χ2n) is 17.4. The quantitative estimate of drug-likeness (QED) is 0.0577. The summed E-state index contributed by atoms with van der Waals surface area (Å²) in [6.45, 7) is 18.7. The average molecular weight is 795 g/mol. The number of unbranched alkanes of at least 4 members (excludes halogenated alkanes) is 12. The highest BCUT2D eigenvalue weighted by molar-refractivity contribution is 7.27. The molecule has 2 unspecified atom stereocenters. The molecule has 2 aliphatic rings. The number of hydrogen-bond acceptors (Lipinski definition) is 7. The first kappa shape index (κ1) is 41.3. The molecule has 0 bridgehead atoms. The number of allylic oxidation sites excluding steroid dienone is 3. The number of Topliss-reactive ketones (excluding diaryl/α,β-unsaturated/α-hetero) is 1. The highest BCUT2D eigenvalue weighted by atomic mass is 32.1. The van der Waals surface area contributed by atoms with Gasteiger partial charge in [0, 0.05) is 16.2 Å². The molecule has 0 spiro atoms. The van der Waals surface area contributed by atoms with Crippen molar-refractivity contribution in [3.63, 3.8) is 0 Å². The van der Waals surface area contributed by atoms with Crippen LogP contribution in [0.4, 0.5) is 0 Å². The minimum atomic E-state index is -1.60. The van der Waals surface area contributed by atoms with E-state index < -0.39 is 22.1 Å². The van der Waals surface area contributed by atoms with Crippen LogP contribution >= 0.6 is 34.4 Å². The fraction of sp³-hybridized carbons (Fsp3) is 0.643. The lowest BCUT2D eigenvalue weighted by atomic mass is 9.79. The van der Waals surface area contributed by atoms with Crippen molar-refractivity contribution >= 4 is 76.6 Å². The van der Waals surface area contributed by atoms with E-state index in [-0.39, 0.29) is 5.78 Å². The van der Waals surface area contributed by atoms with Crippen molar-refractivity contribution in [2.24, 2.45) is 5.92 Å². The van der Waals surface area contributed by atoms with E-state index in [1.165, 1.54) is 115 Å². The van der Waals surface area contributed by atoms with Crippen molar-refractivity contribution in [2.45, 2.75) is 168 Å². The molecule has 0 amide bonds. The summed E-state index contributed by atoms with van der Waals surface area (Å²) >= 11 is 4.67. The van der Waals surface area contributed by atoms with Crippen LogP contribution in [0.15, 0.2) is 35.5 Å². The Morgan fingerprint density at radius 3 is 1.77 bits per heavy atom. The molecular formula is C42H64N3O2S3Si2+. The first-order valence-electron chi connectivity index (χ1n) is 20.4. The maximum absolute atomic E-state index is 15.1. The Bertz CT molecular complexity index is 1740. The number of aromatic nitrogens is 2. The number of rotatable bonds is 22. The Morgan fingerprint density at radius 1 is 0.692 bits per heavy atom. The second-order valence-corrected chi connectivity index (χ2v) is 30.9. The van der Waals surface area contributed by atoms with E-state index in [0.29, 0.717) is 29.3 Å². The summed E-state index contributed by atoms with van der Waals surface area (Å²) in [5.41, 5.74) is 4.15. The zero-order valence-electron chi connectivity index (χ0n) is 33.4. The highest BCUT2D eigenvalue weighted by Gasteiger charge is 2.53. The van der Waals surface area contributed by atoms with Gasteiger partial charge in [-0.1, -0.05) is 155 Å². The molecule has 5 nitrogen and oxygen atoms in total. The summed E-state index contributed by atoms with van der Waals surface area (Å²) in [4.78, 5) is 32.0. The predicted octanol–water partition coefficient (Wildman–Crippen LogP) is 12.7. The number of fused-ring (bicyclic) bond motifs is 3. The highest BCUT2D eigenvalue weighted by Crippen LogP contribution is 2.52. The minimum absolute atomic E-state index is 0.0393. The molecule has 0 saturated carbocycles. The van der Waals surface area contributed by atoms with Crippen LogP contribution < -0.4 is 9.00 Å². The number of nitrogens with zero attached hydrogens (tertiary/aromatic N) is 3. The molecule has 1 aliphatic carbocycles. The van der Waals surface area contributed by atoms with Gasteiger partial charge < -0.3 is 0 Å². The lowest BCUT2D eigenvalue weighted by molar-refractivity contribution is -0.398. The molecule has 2 atom stereocenters. The largest absolute Gasteiger partial charge is 0.293 e. The van der Waals surface area contributed by atoms with Crippen molar-refractivity contribution in [1.29, 1.82) is 0 Å². The molecular weight excluding hydrogens is 731 g/mol. The van der Waals surface area contributed by atoms with Crippen molar-refractivity contribution in [1.82, 2.24) is 8.75 Å². The SMILES string of the molecule is CCCCCCCCCCC(CCCCCCCC)CC1=C2C(=O)C(c3ccc([Si](C)(C)C)s3)c3nsnc3C2=C(c2ccc([Si](C)(C)C)s2)[N+]1=O. The molecule has 0 aromatic carbocycles. The Morgan fingerprint density at radius 2 is 1.23 bits per heavy atom. The molecule has 0 saturated heterocycles.